The molecule has 5 heteroatoms. The van der Waals surface area contributed by atoms with Crippen LogP contribution in [-0.2, 0) is 4.79 Å². The quantitative estimate of drug-likeness (QED) is 0.839. The van der Waals surface area contributed by atoms with E-state index in [9.17, 15) is 4.79 Å². The highest BCUT2D eigenvalue weighted by Crippen LogP contribution is 2.31. The van der Waals surface area contributed by atoms with Crippen molar-refractivity contribution >= 4 is 5.91 Å². The molecule has 1 saturated carbocycles. The Kier molecular flexibility index (Phi) is 5.07. The van der Waals surface area contributed by atoms with Crippen molar-refractivity contribution < 1.29 is 14.3 Å². The van der Waals surface area contributed by atoms with Crippen LogP contribution in [0, 0.1) is 0 Å². The Labute approximate surface area is 125 Å². The van der Waals surface area contributed by atoms with Crippen molar-refractivity contribution in [3.63, 3.8) is 0 Å². The van der Waals surface area contributed by atoms with Crippen LogP contribution in [0.5, 0.6) is 11.5 Å². The summed E-state index contributed by atoms with van der Waals surface area (Å²) in [6.07, 6.45) is 3.21. The van der Waals surface area contributed by atoms with Gasteiger partial charge in [-0.3, -0.25) is 4.79 Å². The summed E-state index contributed by atoms with van der Waals surface area (Å²) in [5, 5.41) is 3.26. The average molecular weight is 292 g/mol. The number of ether oxygens (including phenoxy) is 2. The average Bonchev–Trinajstić information content (AvgIpc) is 2.48. The zero-order chi connectivity index (χ0) is 15.3. The van der Waals surface area contributed by atoms with Crippen molar-refractivity contribution in [1.29, 1.82) is 0 Å². The topological polar surface area (TPSA) is 73.6 Å². The van der Waals surface area contributed by atoms with Gasteiger partial charge in [0.15, 0.2) is 0 Å². The van der Waals surface area contributed by atoms with Gasteiger partial charge < -0.3 is 20.5 Å². The molecule has 0 aliphatic heterocycles. The van der Waals surface area contributed by atoms with E-state index in [4.69, 9.17) is 15.2 Å². The molecule has 1 aliphatic rings. The molecule has 0 heterocycles. The highest BCUT2D eigenvalue weighted by molar-refractivity contribution is 5.84. The van der Waals surface area contributed by atoms with Crippen molar-refractivity contribution in [2.75, 3.05) is 13.7 Å². The predicted octanol–water partition coefficient (Wildman–Crippen LogP) is 1.85. The lowest BCUT2D eigenvalue weighted by Crippen LogP contribution is -2.59. The summed E-state index contributed by atoms with van der Waals surface area (Å²) < 4.78 is 11.2. The van der Waals surface area contributed by atoms with E-state index in [2.05, 4.69) is 5.32 Å². The first-order chi connectivity index (χ1) is 10.1. The SMILES string of the molecule is CCNC1(C(N)=O)CCCC(Oc2cccc(OC)c2)C1. The predicted molar refractivity (Wildman–Crippen MR) is 81.5 cm³/mol. The lowest BCUT2D eigenvalue weighted by molar-refractivity contribution is -0.127. The van der Waals surface area contributed by atoms with Crippen LogP contribution < -0.4 is 20.5 Å². The van der Waals surface area contributed by atoms with E-state index in [1.807, 2.05) is 31.2 Å². The van der Waals surface area contributed by atoms with Crippen LogP contribution in [0.1, 0.15) is 32.6 Å². The fraction of sp³-hybridized carbons (Fsp3) is 0.562. The number of primary amides is 1. The number of likely N-dealkylation sites (N-methyl/N-ethyl adjacent to an activating group) is 1. The number of rotatable bonds is 6. The summed E-state index contributed by atoms with van der Waals surface area (Å²) in [6.45, 7) is 2.70. The molecule has 0 bridgehead atoms. The van der Waals surface area contributed by atoms with E-state index in [0.29, 0.717) is 6.42 Å². The maximum absolute atomic E-state index is 11.8. The zero-order valence-electron chi connectivity index (χ0n) is 12.7. The second kappa shape index (κ2) is 6.80. The Morgan fingerprint density at radius 2 is 2.24 bits per heavy atom. The van der Waals surface area contributed by atoms with E-state index >= 15 is 0 Å². The molecule has 5 nitrogen and oxygen atoms in total. The number of hydrogen-bond donors (Lipinski definition) is 2. The normalized spacial score (nSPS) is 25.3. The minimum absolute atomic E-state index is 0.0163. The van der Waals surface area contributed by atoms with Gasteiger partial charge in [-0.25, -0.2) is 0 Å². The van der Waals surface area contributed by atoms with E-state index in [1.165, 1.54) is 0 Å². The number of amides is 1. The highest BCUT2D eigenvalue weighted by atomic mass is 16.5. The largest absolute Gasteiger partial charge is 0.497 e. The second-order valence-electron chi connectivity index (χ2n) is 5.49. The molecule has 116 valence electrons. The van der Waals surface area contributed by atoms with Gasteiger partial charge in [-0.2, -0.15) is 0 Å². The number of carbonyl (C=O) groups is 1. The summed E-state index contributed by atoms with van der Waals surface area (Å²) >= 11 is 0. The summed E-state index contributed by atoms with van der Waals surface area (Å²) in [4.78, 5) is 11.8. The van der Waals surface area contributed by atoms with E-state index in [-0.39, 0.29) is 12.0 Å². The molecule has 3 N–H and O–H groups in total. The second-order valence-corrected chi connectivity index (χ2v) is 5.49. The van der Waals surface area contributed by atoms with Crippen LogP contribution in [0.2, 0.25) is 0 Å². The van der Waals surface area contributed by atoms with Crippen LogP contribution in [0.15, 0.2) is 24.3 Å². The third-order valence-corrected chi connectivity index (χ3v) is 4.04. The third kappa shape index (κ3) is 3.67. The molecule has 21 heavy (non-hydrogen) atoms. The molecule has 0 aromatic heterocycles. The number of methoxy groups -OCH3 is 1. The fourth-order valence-corrected chi connectivity index (χ4v) is 3.00. The number of benzene rings is 1. The van der Waals surface area contributed by atoms with Gasteiger partial charge in [-0.15, -0.1) is 0 Å². The molecule has 1 fully saturated rings. The van der Waals surface area contributed by atoms with Gasteiger partial charge in [0.05, 0.1) is 7.11 Å². The number of hydrogen-bond acceptors (Lipinski definition) is 4. The van der Waals surface area contributed by atoms with Gasteiger partial charge in [0, 0.05) is 12.5 Å². The van der Waals surface area contributed by atoms with Gasteiger partial charge >= 0.3 is 0 Å². The maximum Gasteiger partial charge on any atom is 0.237 e. The Hall–Kier alpha value is -1.75. The van der Waals surface area contributed by atoms with E-state index in [0.717, 1.165) is 37.3 Å². The van der Waals surface area contributed by atoms with Gasteiger partial charge in [-0.05, 0) is 37.9 Å². The van der Waals surface area contributed by atoms with E-state index in [1.54, 1.807) is 7.11 Å². The summed E-state index contributed by atoms with van der Waals surface area (Å²) in [5.41, 5.74) is 4.97. The third-order valence-electron chi connectivity index (χ3n) is 4.04. The van der Waals surface area contributed by atoms with Crippen LogP contribution in [0.25, 0.3) is 0 Å². The molecule has 0 saturated heterocycles. The van der Waals surface area contributed by atoms with E-state index < -0.39 is 5.54 Å². The fourth-order valence-electron chi connectivity index (χ4n) is 3.00. The van der Waals surface area contributed by atoms with Crippen molar-refractivity contribution in [3.05, 3.63) is 24.3 Å². The first-order valence-electron chi connectivity index (χ1n) is 7.45. The van der Waals surface area contributed by atoms with Crippen molar-refractivity contribution in [2.24, 2.45) is 5.73 Å². The monoisotopic (exact) mass is 292 g/mol. The summed E-state index contributed by atoms with van der Waals surface area (Å²) in [5.74, 6) is 1.23. The Morgan fingerprint density at radius 1 is 1.48 bits per heavy atom. The molecule has 2 rings (SSSR count). The molecule has 0 spiro atoms. The molecular formula is C16H24N2O3. The number of carbonyl (C=O) groups excluding carboxylic acids is 1. The van der Waals surface area contributed by atoms with Crippen LogP contribution in [-0.4, -0.2) is 31.2 Å². The smallest absolute Gasteiger partial charge is 0.237 e. The summed E-state index contributed by atoms with van der Waals surface area (Å²) in [7, 11) is 1.63. The van der Waals surface area contributed by atoms with Crippen LogP contribution >= 0.6 is 0 Å². The molecule has 1 amide bonds. The summed E-state index contributed by atoms with van der Waals surface area (Å²) in [6, 6.07) is 7.52. The number of nitrogens with one attached hydrogen (secondary N) is 1. The van der Waals surface area contributed by atoms with Crippen LogP contribution in [0.3, 0.4) is 0 Å². The Balaban J connectivity index is 2.08. The van der Waals surface area contributed by atoms with Gasteiger partial charge in [0.25, 0.3) is 0 Å². The highest BCUT2D eigenvalue weighted by Gasteiger charge is 2.41. The lowest BCUT2D eigenvalue weighted by atomic mass is 9.79. The first-order valence-corrected chi connectivity index (χ1v) is 7.45. The van der Waals surface area contributed by atoms with Crippen molar-refractivity contribution in [2.45, 2.75) is 44.2 Å². The minimum Gasteiger partial charge on any atom is -0.497 e. The molecule has 1 aliphatic carbocycles. The maximum atomic E-state index is 11.8. The van der Waals surface area contributed by atoms with Crippen LogP contribution in [0.4, 0.5) is 0 Å². The standard InChI is InChI=1S/C16H24N2O3/c1-3-18-16(15(17)19)9-5-8-14(11-16)21-13-7-4-6-12(10-13)20-2/h4,6-7,10,14,18H,3,5,8-9,11H2,1-2H3,(H2,17,19). The molecule has 1 aromatic rings. The first kappa shape index (κ1) is 15.6. The molecular weight excluding hydrogens is 268 g/mol. The van der Waals surface area contributed by atoms with Crippen molar-refractivity contribution in [1.82, 2.24) is 5.32 Å². The minimum atomic E-state index is -0.642. The van der Waals surface area contributed by atoms with Crippen molar-refractivity contribution in [3.8, 4) is 11.5 Å². The van der Waals surface area contributed by atoms with Gasteiger partial charge in [-0.1, -0.05) is 13.0 Å². The lowest BCUT2D eigenvalue weighted by Gasteiger charge is -2.39. The number of nitrogens with two attached hydrogens (primary N) is 1. The molecule has 2 unspecified atom stereocenters. The van der Waals surface area contributed by atoms with Gasteiger partial charge in [0.1, 0.15) is 23.1 Å². The molecule has 2 atom stereocenters. The Bertz CT molecular complexity index is 488. The zero-order valence-corrected chi connectivity index (χ0v) is 12.7. The molecule has 1 aromatic carbocycles. The molecule has 0 radical (unpaired) electrons. The Morgan fingerprint density at radius 3 is 2.90 bits per heavy atom. The van der Waals surface area contributed by atoms with Gasteiger partial charge in [0.2, 0.25) is 5.91 Å².